The van der Waals surface area contributed by atoms with Crippen LogP contribution in [0.1, 0.15) is 21.7 Å². The Hall–Kier alpha value is -0.910. The van der Waals surface area contributed by atoms with Crippen molar-refractivity contribution in [3.8, 4) is 0 Å². The Kier molecular flexibility index (Phi) is 6.07. The molecule has 1 aromatic rings. The third-order valence-electron chi connectivity index (χ3n) is 2.05. The maximum atomic E-state index is 11.6. The molecule has 16 heavy (non-hydrogen) atoms. The molecule has 0 aromatic carbocycles. The van der Waals surface area contributed by atoms with Crippen LogP contribution in [0.15, 0.2) is 11.4 Å². The number of thiophene rings is 1. The van der Waals surface area contributed by atoms with Gasteiger partial charge in [0.2, 0.25) is 0 Å². The van der Waals surface area contributed by atoms with Gasteiger partial charge in [-0.25, -0.2) is 0 Å². The molecular weight excluding hydrogens is 226 g/mol. The quantitative estimate of drug-likeness (QED) is 0.707. The van der Waals surface area contributed by atoms with Gasteiger partial charge in [-0.15, -0.1) is 11.3 Å². The molecule has 1 heterocycles. The lowest BCUT2D eigenvalue weighted by atomic mass is 10.3. The van der Waals surface area contributed by atoms with E-state index in [2.05, 4.69) is 5.32 Å². The first-order valence-electron chi connectivity index (χ1n) is 5.26. The predicted molar refractivity (Wildman–Crippen MR) is 63.9 cm³/mol. The SMILES string of the molecule is Cc1ccsc1C(=O)NCCCOCCO. The highest BCUT2D eigenvalue weighted by molar-refractivity contribution is 7.12. The molecule has 0 fully saturated rings. The van der Waals surface area contributed by atoms with Crippen molar-refractivity contribution >= 4 is 17.2 Å². The monoisotopic (exact) mass is 243 g/mol. The smallest absolute Gasteiger partial charge is 0.261 e. The Morgan fingerprint density at radius 1 is 1.56 bits per heavy atom. The standard InChI is InChI=1S/C11H17NO3S/c1-9-3-8-16-10(9)11(14)12-4-2-6-15-7-5-13/h3,8,13H,2,4-7H2,1H3,(H,12,14). The Morgan fingerprint density at radius 3 is 3.00 bits per heavy atom. The lowest BCUT2D eigenvalue weighted by Crippen LogP contribution is -2.25. The van der Waals surface area contributed by atoms with Crippen molar-refractivity contribution in [3.05, 3.63) is 21.9 Å². The number of nitrogens with one attached hydrogen (secondary N) is 1. The molecule has 1 amide bonds. The highest BCUT2D eigenvalue weighted by Gasteiger charge is 2.08. The minimum atomic E-state index is -0.0188. The summed E-state index contributed by atoms with van der Waals surface area (Å²) in [6, 6.07) is 1.93. The van der Waals surface area contributed by atoms with E-state index in [1.807, 2.05) is 18.4 Å². The molecule has 0 aliphatic carbocycles. The van der Waals surface area contributed by atoms with Crippen LogP contribution in [0.25, 0.3) is 0 Å². The molecule has 90 valence electrons. The fourth-order valence-corrected chi connectivity index (χ4v) is 2.07. The van der Waals surface area contributed by atoms with Crippen molar-refractivity contribution in [1.29, 1.82) is 0 Å². The fourth-order valence-electron chi connectivity index (χ4n) is 1.23. The molecule has 0 bridgehead atoms. The number of aryl methyl sites for hydroxylation is 1. The van der Waals surface area contributed by atoms with Gasteiger partial charge in [0.15, 0.2) is 0 Å². The third-order valence-corrected chi connectivity index (χ3v) is 3.07. The van der Waals surface area contributed by atoms with Crippen molar-refractivity contribution in [2.24, 2.45) is 0 Å². The largest absolute Gasteiger partial charge is 0.394 e. The summed E-state index contributed by atoms with van der Waals surface area (Å²) in [5, 5.41) is 13.2. The topological polar surface area (TPSA) is 58.6 Å². The number of carbonyl (C=O) groups excluding carboxylic acids is 1. The third kappa shape index (κ3) is 4.30. The summed E-state index contributed by atoms with van der Waals surface area (Å²) >= 11 is 1.45. The van der Waals surface area contributed by atoms with Crippen LogP contribution in [0.4, 0.5) is 0 Å². The van der Waals surface area contributed by atoms with Gasteiger partial charge in [-0.3, -0.25) is 4.79 Å². The van der Waals surface area contributed by atoms with E-state index >= 15 is 0 Å². The summed E-state index contributed by atoms with van der Waals surface area (Å²) in [4.78, 5) is 12.4. The molecule has 0 aliphatic rings. The molecule has 0 radical (unpaired) electrons. The van der Waals surface area contributed by atoms with E-state index < -0.39 is 0 Å². The summed E-state index contributed by atoms with van der Waals surface area (Å²) in [6.45, 7) is 3.49. The van der Waals surface area contributed by atoms with E-state index in [1.165, 1.54) is 11.3 Å². The van der Waals surface area contributed by atoms with Gasteiger partial charge in [0.25, 0.3) is 5.91 Å². The molecule has 0 atom stereocenters. The van der Waals surface area contributed by atoms with Gasteiger partial charge in [0.05, 0.1) is 18.1 Å². The number of hydrogen-bond donors (Lipinski definition) is 2. The van der Waals surface area contributed by atoms with Crippen molar-refractivity contribution in [2.45, 2.75) is 13.3 Å². The van der Waals surface area contributed by atoms with Crippen LogP contribution < -0.4 is 5.32 Å². The molecule has 2 N–H and O–H groups in total. The van der Waals surface area contributed by atoms with Gasteiger partial charge in [-0.05, 0) is 30.4 Å². The van der Waals surface area contributed by atoms with Crippen LogP contribution in [0.2, 0.25) is 0 Å². The molecule has 0 saturated carbocycles. The van der Waals surface area contributed by atoms with E-state index in [1.54, 1.807) is 0 Å². The van der Waals surface area contributed by atoms with Crippen LogP contribution in [0.3, 0.4) is 0 Å². The summed E-state index contributed by atoms with van der Waals surface area (Å²) < 4.78 is 5.08. The molecule has 0 unspecified atom stereocenters. The van der Waals surface area contributed by atoms with Crippen LogP contribution >= 0.6 is 11.3 Å². The molecule has 4 nitrogen and oxygen atoms in total. The molecule has 5 heteroatoms. The lowest BCUT2D eigenvalue weighted by Gasteiger charge is -2.04. The van der Waals surface area contributed by atoms with Gasteiger partial charge in [0.1, 0.15) is 0 Å². The van der Waals surface area contributed by atoms with Crippen molar-refractivity contribution in [2.75, 3.05) is 26.4 Å². The normalized spacial score (nSPS) is 10.4. The number of rotatable bonds is 7. The summed E-state index contributed by atoms with van der Waals surface area (Å²) in [6.07, 6.45) is 0.760. The highest BCUT2D eigenvalue weighted by Crippen LogP contribution is 2.14. The van der Waals surface area contributed by atoms with Crippen molar-refractivity contribution in [3.63, 3.8) is 0 Å². The van der Waals surface area contributed by atoms with Gasteiger partial charge in [-0.2, -0.15) is 0 Å². The van der Waals surface area contributed by atoms with Crippen LogP contribution in [-0.4, -0.2) is 37.4 Å². The second kappa shape index (κ2) is 7.38. The first-order valence-corrected chi connectivity index (χ1v) is 6.14. The second-order valence-corrected chi connectivity index (χ2v) is 4.29. The minimum Gasteiger partial charge on any atom is -0.394 e. The Labute approximate surface area is 99.2 Å². The molecular formula is C11H17NO3S. The number of aliphatic hydroxyl groups excluding tert-OH is 1. The molecule has 1 rings (SSSR count). The minimum absolute atomic E-state index is 0.0188. The van der Waals surface area contributed by atoms with E-state index in [-0.39, 0.29) is 12.5 Å². The maximum Gasteiger partial charge on any atom is 0.261 e. The number of carbonyl (C=O) groups is 1. The Morgan fingerprint density at radius 2 is 2.38 bits per heavy atom. The number of aliphatic hydroxyl groups is 1. The van der Waals surface area contributed by atoms with Gasteiger partial charge in [0, 0.05) is 13.2 Å². The second-order valence-electron chi connectivity index (χ2n) is 3.38. The average Bonchev–Trinajstić information content (AvgIpc) is 2.69. The number of amides is 1. The molecule has 0 saturated heterocycles. The lowest BCUT2D eigenvalue weighted by molar-refractivity contribution is 0.0869. The Balaban J connectivity index is 2.14. The summed E-state index contributed by atoms with van der Waals surface area (Å²) in [5.74, 6) is -0.0188. The van der Waals surface area contributed by atoms with Crippen LogP contribution in [0, 0.1) is 6.92 Å². The average molecular weight is 243 g/mol. The first kappa shape index (κ1) is 13.2. The van der Waals surface area contributed by atoms with Gasteiger partial charge >= 0.3 is 0 Å². The zero-order chi connectivity index (χ0) is 11.8. The van der Waals surface area contributed by atoms with E-state index in [9.17, 15) is 4.79 Å². The van der Waals surface area contributed by atoms with Crippen molar-refractivity contribution < 1.29 is 14.6 Å². The Bertz CT molecular complexity index is 325. The summed E-state index contributed by atoms with van der Waals surface area (Å²) in [7, 11) is 0. The molecule has 0 aliphatic heterocycles. The first-order chi connectivity index (χ1) is 7.75. The van der Waals surface area contributed by atoms with E-state index in [0.29, 0.717) is 19.8 Å². The predicted octanol–water partition coefficient (Wildman–Crippen LogP) is 1.19. The van der Waals surface area contributed by atoms with Crippen molar-refractivity contribution in [1.82, 2.24) is 5.32 Å². The van der Waals surface area contributed by atoms with Crippen LogP contribution in [-0.2, 0) is 4.74 Å². The van der Waals surface area contributed by atoms with Gasteiger partial charge < -0.3 is 15.2 Å². The van der Waals surface area contributed by atoms with E-state index in [4.69, 9.17) is 9.84 Å². The number of hydrogen-bond acceptors (Lipinski definition) is 4. The zero-order valence-corrected chi connectivity index (χ0v) is 10.2. The molecule has 0 spiro atoms. The zero-order valence-electron chi connectivity index (χ0n) is 9.36. The van der Waals surface area contributed by atoms with Crippen LogP contribution in [0.5, 0.6) is 0 Å². The number of ether oxygens (including phenoxy) is 1. The van der Waals surface area contributed by atoms with Gasteiger partial charge in [-0.1, -0.05) is 0 Å². The summed E-state index contributed by atoms with van der Waals surface area (Å²) in [5.41, 5.74) is 1.01. The van der Waals surface area contributed by atoms with E-state index in [0.717, 1.165) is 16.9 Å². The highest BCUT2D eigenvalue weighted by atomic mass is 32.1. The fraction of sp³-hybridized carbons (Fsp3) is 0.545. The molecule has 1 aromatic heterocycles. The maximum absolute atomic E-state index is 11.6.